The Labute approximate surface area is 135 Å². The van der Waals surface area contributed by atoms with Crippen LogP contribution in [0, 0.1) is 0 Å². The SMILES string of the molecule is O=C(O)c1cccc(Nc2ncc(-c3cn[nH]c3)n3ccnc23)c1. The third-order valence-electron chi connectivity index (χ3n) is 3.59. The van der Waals surface area contributed by atoms with Crippen molar-refractivity contribution in [2.45, 2.75) is 0 Å². The van der Waals surface area contributed by atoms with E-state index >= 15 is 0 Å². The first-order valence-corrected chi connectivity index (χ1v) is 7.14. The van der Waals surface area contributed by atoms with Crippen LogP contribution in [0.2, 0.25) is 0 Å². The molecule has 0 fully saturated rings. The van der Waals surface area contributed by atoms with Crippen molar-refractivity contribution in [3.8, 4) is 11.3 Å². The first kappa shape index (κ1) is 13.9. The second kappa shape index (κ2) is 5.51. The molecule has 0 saturated carbocycles. The van der Waals surface area contributed by atoms with Crippen LogP contribution in [0.1, 0.15) is 10.4 Å². The van der Waals surface area contributed by atoms with Gasteiger partial charge in [0.05, 0.1) is 23.7 Å². The number of carboxylic acid groups (broad SMARTS) is 1. The first-order chi connectivity index (χ1) is 11.7. The molecule has 0 radical (unpaired) electrons. The Balaban J connectivity index is 1.76. The van der Waals surface area contributed by atoms with Crippen molar-refractivity contribution in [1.82, 2.24) is 24.6 Å². The maximum absolute atomic E-state index is 11.1. The summed E-state index contributed by atoms with van der Waals surface area (Å²) >= 11 is 0. The van der Waals surface area contributed by atoms with Crippen LogP contribution in [-0.4, -0.2) is 35.6 Å². The van der Waals surface area contributed by atoms with E-state index in [1.165, 1.54) is 6.07 Å². The number of hydrogen-bond acceptors (Lipinski definition) is 5. The minimum atomic E-state index is -0.979. The molecule has 0 unspecified atom stereocenters. The zero-order chi connectivity index (χ0) is 16.5. The molecule has 8 nitrogen and oxygen atoms in total. The van der Waals surface area contributed by atoms with E-state index in [-0.39, 0.29) is 5.56 Å². The summed E-state index contributed by atoms with van der Waals surface area (Å²) in [5, 5.41) is 18.9. The molecule has 4 rings (SSSR count). The fourth-order valence-electron chi connectivity index (χ4n) is 2.48. The van der Waals surface area contributed by atoms with E-state index in [1.807, 2.05) is 10.6 Å². The van der Waals surface area contributed by atoms with E-state index in [0.717, 1.165) is 11.3 Å². The van der Waals surface area contributed by atoms with E-state index in [4.69, 9.17) is 5.11 Å². The minimum absolute atomic E-state index is 0.203. The normalized spacial score (nSPS) is 10.8. The quantitative estimate of drug-likeness (QED) is 0.533. The number of H-pyrrole nitrogens is 1. The second-order valence-corrected chi connectivity index (χ2v) is 5.11. The molecule has 0 amide bonds. The van der Waals surface area contributed by atoms with E-state index in [1.54, 1.807) is 43.0 Å². The van der Waals surface area contributed by atoms with Crippen molar-refractivity contribution >= 4 is 23.1 Å². The molecule has 3 N–H and O–H groups in total. The second-order valence-electron chi connectivity index (χ2n) is 5.11. The molecule has 0 bridgehead atoms. The lowest BCUT2D eigenvalue weighted by Crippen LogP contribution is -2.02. The molecule has 1 aromatic carbocycles. The summed E-state index contributed by atoms with van der Waals surface area (Å²) in [5.74, 6) is -0.442. The van der Waals surface area contributed by atoms with E-state index in [2.05, 4.69) is 25.5 Å². The van der Waals surface area contributed by atoms with Gasteiger partial charge in [-0.25, -0.2) is 14.8 Å². The molecule has 0 aliphatic rings. The summed E-state index contributed by atoms with van der Waals surface area (Å²) in [6.45, 7) is 0. The van der Waals surface area contributed by atoms with Crippen molar-refractivity contribution in [1.29, 1.82) is 0 Å². The van der Waals surface area contributed by atoms with Crippen LogP contribution in [-0.2, 0) is 0 Å². The Morgan fingerprint density at radius 1 is 1.25 bits per heavy atom. The molecule has 3 aromatic heterocycles. The molecule has 0 atom stereocenters. The maximum atomic E-state index is 11.1. The van der Waals surface area contributed by atoms with Gasteiger partial charge in [0.2, 0.25) is 0 Å². The zero-order valence-corrected chi connectivity index (χ0v) is 12.3. The molecule has 4 aromatic rings. The highest BCUT2D eigenvalue weighted by molar-refractivity contribution is 5.89. The summed E-state index contributed by atoms with van der Waals surface area (Å²) in [4.78, 5) is 19.8. The Kier molecular flexibility index (Phi) is 3.20. The van der Waals surface area contributed by atoms with Crippen molar-refractivity contribution in [3.05, 3.63) is 60.8 Å². The van der Waals surface area contributed by atoms with Gasteiger partial charge in [-0.3, -0.25) is 9.50 Å². The Bertz CT molecular complexity index is 1020. The number of aromatic amines is 1. The lowest BCUT2D eigenvalue weighted by atomic mass is 10.2. The number of rotatable bonds is 4. The topological polar surface area (TPSA) is 108 Å². The number of imidazole rings is 1. The van der Waals surface area contributed by atoms with Gasteiger partial charge in [-0.1, -0.05) is 6.07 Å². The fraction of sp³-hybridized carbons (Fsp3) is 0. The molecule has 0 saturated heterocycles. The van der Waals surface area contributed by atoms with E-state index < -0.39 is 5.97 Å². The molecule has 8 heteroatoms. The van der Waals surface area contributed by atoms with Gasteiger partial charge in [-0.05, 0) is 18.2 Å². The van der Waals surface area contributed by atoms with Gasteiger partial charge in [0.1, 0.15) is 0 Å². The standard InChI is InChI=1S/C16H12N6O2/c23-16(24)10-2-1-3-12(6-10)21-14-15-17-4-5-22(15)13(9-18-14)11-7-19-20-8-11/h1-9H,(H,18,21)(H,19,20)(H,23,24). The molecule has 24 heavy (non-hydrogen) atoms. The van der Waals surface area contributed by atoms with Gasteiger partial charge >= 0.3 is 5.97 Å². The number of anilines is 2. The van der Waals surface area contributed by atoms with Crippen LogP contribution in [0.25, 0.3) is 16.9 Å². The molecular formula is C16H12N6O2. The summed E-state index contributed by atoms with van der Waals surface area (Å²) in [7, 11) is 0. The number of carboxylic acids is 1. The lowest BCUT2D eigenvalue weighted by Gasteiger charge is -2.10. The van der Waals surface area contributed by atoms with Crippen LogP contribution in [0.3, 0.4) is 0 Å². The molecule has 0 aliphatic carbocycles. The van der Waals surface area contributed by atoms with Crippen LogP contribution in [0.5, 0.6) is 0 Å². The maximum Gasteiger partial charge on any atom is 0.335 e. The highest BCUT2D eigenvalue weighted by atomic mass is 16.4. The fourth-order valence-corrected chi connectivity index (χ4v) is 2.48. The van der Waals surface area contributed by atoms with Crippen molar-refractivity contribution < 1.29 is 9.90 Å². The van der Waals surface area contributed by atoms with Crippen molar-refractivity contribution in [2.75, 3.05) is 5.32 Å². The summed E-state index contributed by atoms with van der Waals surface area (Å²) in [6, 6.07) is 6.54. The number of fused-ring (bicyclic) bond motifs is 1. The molecule has 0 aliphatic heterocycles. The summed E-state index contributed by atoms with van der Waals surface area (Å²) in [6.07, 6.45) is 8.71. The van der Waals surface area contributed by atoms with E-state index in [9.17, 15) is 4.79 Å². The van der Waals surface area contributed by atoms with Crippen molar-refractivity contribution in [3.63, 3.8) is 0 Å². The zero-order valence-electron chi connectivity index (χ0n) is 12.3. The van der Waals surface area contributed by atoms with Crippen LogP contribution in [0.15, 0.2) is 55.2 Å². The number of nitrogens with zero attached hydrogens (tertiary/aromatic N) is 4. The minimum Gasteiger partial charge on any atom is -0.478 e. The number of benzene rings is 1. The largest absolute Gasteiger partial charge is 0.478 e. The summed E-state index contributed by atoms with van der Waals surface area (Å²) < 4.78 is 1.89. The smallest absolute Gasteiger partial charge is 0.335 e. The predicted molar refractivity (Wildman–Crippen MR) is 87.3 cm³/mol. The highest BCUT2D eigenvalue weighted by Crippen LogP contribution is 2.24. The summed E-state index contributed by atoms with van der Waals surface area (Å²) in [5.41, 5.74) is 3.21. The van der Waals surface area contributed by atoms with Gasteiger partial charge in [-0.15, -0.1) is 0 Å². The average Bonchev–Trinajstić information content (AvgIpc) is 3.27. The monoisotopic (exact) mass is 320 g/mol. The molecule has 118 valence electrons. The third-order valence-corrected chi connectivity index (χ3v) is 3.59. The highest BCUT2D eigenvalue weighted by Gasteiger charge is 2.11. The van der Waals surface area contributed by atoms with Gasteiger partial charge in [0.15, 0.2) is 11.5 Å². The van der Waals surface area contributed by atoms with Gasteiger partial charge in [-0.2, -0.15) is 5.10 Å². The number of aromatic nitrogens is 5. The van der Waals surface area contributed by atoms with Crippen LogP contribution >= 0.6 is 0 Å². The molecule has 0 spiro atoms. The van der Waals surface area contributed by atoms with E-state index in [0.29, 0.717) is 17.2 Å². The van der Waals surface area contributed by atoms with Gasteiger partial charge in [0, 0.05) is 29.8 Å². The van der Waals surface area contributed by atoms with Gasteiger partial charge < -0.3 is 10.4 Å². The Morgan fingerprint density at radius 2 is 2.17 bits per heavy atom. The first-order valence-electron chi connectivity index (χ1n) is 7.14. The van der Waals surface area contributed by atoms with Crippen LogP contribution < -0.4 is 5.32 Å². The number of nitrogens with one attached hydrogen (secondary N) is 2. The lowest BCUT2D eigenvalue weighted by molar-refractivity contribution is 0.0697. The molecule has 3 heterocycles. The Morgan fingerprint density at radius 3 is 2.96 bits per heavy atom. The average molecular weight is 320 g/mol. The third kappa shape index (κ3) is 2.35. The predicted octanol–water partition coefficient (Wildman–Crippen LogP) is 2.56. The number of aromatic carboxylic acids is 1. The number of hydrogen-bond donors (Lipinski definition) is 3. The van der Waals surface area contributed by atoms with Gasteiger partial charge in [0.25, 0.3) is 0 Å². The number of carbonyl (C=O) groups is 1. The Hall–Kier alpha value is -3.68. The van der Waals surface area contributed by atoms with Crippen LogP contribution in [0.4, 0.5) is 11.5 Å². The molecular weight excluding hydrogens is 308 g/mol. The van der Waals surface area contributed by atoms with Crippen molar-refractivity contribution in [2.24, 2.45) is 0 Å².